The van der Waals surface area contributed by atoms with Crippen LogP contribution in [-0.2, 0) is 0 Å². The summed E-state index contributed by atoms with van der Waals surface area (Å²) in [7, 11) is 0. The summed E-state index contributed by atoms with van der Waals surface area (Å²) in [5, 5.41) is 0. The fraction of sp³-hybridized carbons (Fsp3) is 0. The van der Waals surface area contributed by atoms with Gasteiger partial charge in [0.15, 0.2) is 0 Å². The maximum atomic E-state index is 11.5. The summed E-state index contributed by atoms with van der Waals surface area (Å²) in [5.41, 5.74) is 5.34. The number of nitrogens with two attached hydrogens (primary N) is 1. The molecule has 2 N–H and O–H groups in total. The molecule has 0 saturated heterocycles. The second kappa shape index (κ2) is 4.54. The summed E-state index contributed by atoms with van der Waals surface area (Å²) in [4.78, 5) is 34.1. The number of nitrogens with zero attached hydrogens (tertiary/aromatic N) is 1. The molecule has 4 amide bonds. The number of urea groups is 1. The van der Waals surface area contributed by atoms with Gasteiger partial charge in [0.2, 0.25) is 0 Å². The number of rotatable bonds is 0. The summed E-state index contributed by atoms with van der Waals surface area (Å²) in [6, 6.07) is 5.16. The van der Waals surface area contributed by atoms with Crippen molar-refractivity contribution in [1.29, 1.82) is 0 Å². The molecule has 15 heavy (non-hydrogen) atoms. The van der Waals surface area contributed by atoms with Gasteiger partial charge < -0.3 is 5.73 Å². The molecule has 1 heterocycles. The molecule has 6 heteroatoms. The van der Waals surface area contributed by atoms with Crippen LogP contribution >= 0.6 is 0 Å². The molecule has 0 saturated carbocycles. The average Bonchev–Trinajstić information content (AvgIpc) is 2.41. The second-order valence-corrected chi connectivity index (χ2v) is 2.83. The third-order valence-electron chi connectivity index (χ3n) is 2.01. The van der Waals surface area contributed by atoms with Crippen LogP contribution in [0.5, 0.6) is 0 Å². The Morgan fingerprint density at radius 3 is 1.80 bits per heavy atom. The Morgan fingerprint density at radius 1 is 1.07 bits per heavy atom. The minimum Gasteiger partial charge on any atom is -0.351 e. The Morgan fingerprint density at radius 2 is 1.47 bits per heavy atom. The molecule has 0 bridgehead atoms. The fourth-order valence-corrected chi connectivity index (χ4v) is 1.39. The first-order valence-corrected chi connectivity index (χ1v) is 3.90. The van der Waals surface area contributed by atoms with Gasteiger partial charge in [0, 0.05) is 51.4 Å². The van der Waals surface area contributed by atoms with Crippen LogP contribution < -0.4 is 5.73 Å². The summed E-state index contributed by atoms with van der Waals surface area (Å²) in [6.07, 6.45) is 0. The number of hydrogen-bond donors (Lipinski definition) is 1. The van der Waals surface area contributed by atoms with Crippen molar-refractivity contribution in [2.45, 2.75) is 0 Å². The van der Waals surface area contributed by atoms with Crippen molar-refractivity contribution in [3.05, 3.63) is 35.4 Å². The Labute approximate surface area is 128 Å². The van der Waals surface area contributed by atoms with Crippen LogP contribution in [0.4, 0.5) is 4.79 Å². The zero-order valence-electron chi connectivity index (χ0n) is 8.06. The maximum absolute atomic E-state index is 11.5. The molecule has 0 unspecified atom stereocenters. The number of carbonyl (C=O) groups is 3. The first-order valence-electron chi connectivity index (χ1n) is 3.90. The molecule has 2 rings (SSSR count). The number of amides is 4. The van der Waals surface area contributed by atoms with Gasteiger partial charge in [-0.15, -0.1) is 0 Å². The smallest absolute Gasteiger partial charge is 0.328 e. The zero-order valence-corrected chi connectivity index (χ0v) is 11.2. The van der Waals surface area contributed by atoms with E-state index in [1.807, 2.05) is 0 Å². The predicted molar refractivity (Wildman–Crippen MR) is 52.3 cm³/mol. The molecule has 0 aromatic heterocycles. The fourth-order valence-electron chi connectivity index (χ4n) is 1.39. The minimum atomic E-state index is -1.05. The first-order chi connectivity index (χ1) is 6.63. The largest absolute Gasteiger partial charge is 0.351 e. The van der Waals surface area contributed by atoms with E-state index in [0.717, 1.165) is 0 Å². The van der Waals surface area contributed by atoms with E-state index < -0.39 is 17.8 Å². The van der Waals surface area contributed by atoms with Crippen molar-refractivity contribution in [2.24, 2.45) is 5.73 Å². The van der Waals surface area contributed by atoms with Crippen LogP contribution in [0.25, 0.3) is 0 Å². The molecular formula is C9H6KN2O3. The van der Waals surface area contributed by atoms with Gasteiger partial charge in [0.25, 0.3) is 11.8 Å². The molecule has 1 aromatic rings. The molecular weight excluding hydrogens is 223 g/mol. The van der Waals surface area contributed by atoms with Crippen LogP contribution in [0, 0.1) is 0 Å². The molecule has 1 aliphatic rings. The molecule has 0 spiro atoms. The van der Waals surface area contributed by atoms with Crippen molar-refractivity contribution in [2.75, 3.05) is 0 Å². The minimum absolute atomic E-state index is 0. The van der Waals surface area contributed by atoms with Gasteiger partial charge in [0.1, 0.15) is 0 Å². The van der Waals surface area contributed by atoms with Crippen LogP contribution in [0.15, 0.2) is 24.3 Å². The number of hydrogen-bond acceptors (Lipinski definition) is 3. The molecule has 0 atom stereocenters. The van der Waals surface area contributed by atoms with E-state index >= 15 is 0 Å². The summed E-state index contributed by atoms with van der Waals surface area (Å²) >= 11 is 0. The van der Waals surface area contributed by atoms with Gasteiger partial charge in [0.05, 0.1) is 11.1 Å². The number of imide groups is 3. The molecule has 1 aromatic carbocycles. The maximum Gasteiger partial charge on any atom is 0.328 e. The average molecular weight is 229 g/mol. The Balaban J connectivity index is 0.00000112. The zero-order chi connectivity index (χ0) is 10.3. The van der Waals surface area contributed by atoms with E-state index in [2.05, 4.69) is 0 Å². The van der Waals surface area contributed by atoms with Crippen molar-refractivity contribution < 1.29 is 14.4 Å². The number of carbonyl (C=O) groups excluding carboxylic acids is 3. The number of primary amides is 1. The summed E-state index contributed by atoms with van der Waals surface area (Å²) < 4.78 is 0. The Bertz CT molecular complexity index is 423. The molecule has 71 valence electrons. The van der Waals surface area contributed by atoms with Crippen LogP contribution in [-0.4, -0.2) is 74.1 Å². The van der Waals surface area contributed by atoms with E-state index in [1.54, 1.807) is 12.1 Å². The van der Waals surface area contributed by atoms with E-state index in [4.69, 9.17) is 5.73 Å². The van der Waals surface area contributed by atoms with Gasteiger partial charge in [-0.2, -0.15) is 4.90 Å². The van der Waals surface area contributed by atoms with Gasteiger partial charge in [-0.25, -0.2) is 4.79 Å². The van der Waals surface area contributed by atoms with Crippen molar-refractivity contribution in [3.8, 4) is 0 Å². The molecule has 1 radical (unpaired) electrons. The standard InChI is InChI=1S/C9H6N2O3.K/c10-9(14)11-7(12)5-3-1-2-4-6(5)8(11)13;/h1-4H,(H2,10,14);. The van der Waals surface area contributed by atoms with Gasteiger partial charge in [-0.1, -0.05) is 12.1 Å². The Kier molecular flexibility index (Phi) is 3.80. The molecule has 1 aliphatic heterocycles. The van der Waals surface area contributed by atoms with Gasteiger partial charge >= 0.3 is 6.03 Å². The van der Waals surface area contributed by atoms with Crippen LogP contribution in [0.1, 0.15) is 20.7 Å². The molecule has 0 aliphatic carbocycles. The van der Waals surface area contributed by atoms with E-state index in [0.29, 0.717) is 4.90 Å². The summed E-state index contributed by atoms with van der Waals surface area (Å²) in [6.45, 7) is 0. The van der Waals surface area contributed by atoms with Gasteiger partial charge in [-0.3, -0.25) is 9.59 Å². The van der Waals surface area contributed by atoms with Crippen LogP contribution in [0.2, 0.25) is 0 Å². The van der Waals surface area contributed by atoms with E-state index in [-0.39, 0.29) is 62.5 Å². The summed E-state index contributed by atoms with van der Waals surface area (Å²) in [5.74, 6) is -1.31. The van der Waals surface area contributed by atoms with Gasteiger partial charge in [-0.05, 0) is 12.1 Å². The molecule has 0 fully saturated rings. The first kappa shape index (κ1) is 12.5. The molecule has 5 nitrogen and oxygen atoms in total. The SMILES string of the molecule is NC(=O)N1C(=O)c2ccccc2C1=O.[K]. The van der Waals surface area contributed by atoms with Crippen LogP contribution in [0.3, 0.4) is 0 Å². The third kappa shape index (κ3) is 1.91. The van der Waals surface area contributed by atoms with E-state index in [9.17, 15) is 14.4 Å². The number of fused-ring (bicyclic) bond motifs is 1. The van der Waals surface area contributed by atoms with Crippen molar-refractivity contribution in [1.82, 2.24) is 4.90 Å². The Hall–Kier alpha value is -0.534. The normalized spacial score (nSPS) is 13.5. The third-order valence-corrected chi connectivity index (χ3v) is 2.01. The van der Waals surface area contributed by atoms with E-state index in [1.165, 1.54) is 12.1 Å². The number of benzene rings is 1. The second-order valence-electron chi connectivity index (χ2n) is 2.83. The predicted octanol–water partition coefficient (Wildman–Crippen LogP) is -0.0195. The van der Waals surface area contributed by atoms with Crippen molar-refractivity contribution >= 4 is 69.2 Å². The van der Waals surface area contributed by atoms with Crippen molar-refractivity contribution in [3.63, 3.8) is 0 Å². The quantitative estimate of drug-likeness (QED) is 0.501. The topological polar surface area (TPSA) is 80.5 Å². The monoisotopic (exact) mass is 229 g/mol.